The topological polar surface area (TPSA) is 127 Å². The molecule has 2 aliphatic heterocycles. The number of hydrogen-bond donors (Lipinski definition) is 1. The van der Waals surface area contributed by atoms with E-state index in [1.165, 1.54) is 12.0 Å². The van der Waals surface area contributed by atoms with Crippen molar-refractivity contribution in [3.63, 3.8) is 0 Å². The molecule has 0 spiro atoms. The Labute approximate surface area is 141 Å². The highest BCUT2D eigenvalue weighted by Crippen LogP contribution is 2.18. The van der Waals surface area contributed by atoms with E-state index in [0.717, 1.165) is 0 Å². The molecule has 24 heavy (non-hydrogen) atoms. The van der Waals surface area contributed by atoms with Gasteiger partial charge in [-0.25, -0.2) is 16.8 Å². The summed E-state index contributed by atoms with van der Waals surface area (Å²) < 4.78 is 51.0. The van der Waals surface area contributed by atoms with Crippen molar-refractivity contribution in [3.05, 3.63) is 0 Å². The zero-order chi connectivity index (χ0) is 18.0. The number of rotatable bonds is 5. The van der Waals surface area contributed by atoms with E-state index in [1.807, 2.05) is 0 Å². The van der Waals surface area contributed by atoms with Crippen molar-refractivity contribution in [3.8, 4) is 0 Å². The molecule has 2 saturated heterocycles. The Morgan fingerprint density at radius 3 is 2.21 bits per heavy atom. The molecule has 2 heterocycles. The van der Waals surface area contributed by atoms with Crippen LogP contribution < -0.4 is 5.32 Å². The first-order chi connectivity index (χ1) is 11.1. The molecule has 2 amide bonds. The Hall–Kier alpha value is -1.20. The molecular weight excluding hydrogens is 360 g/mol. The molecule has 0 aromatic carbocycles. The summed E-state index contributed by atoms with van der Waals surface area (Å²) in [5.74, 6) is -2.14. The first kappa shape index (κ1) is 19.1. The van der Waals surface area contributed by atoms with Gasteiger partial charge in [0.1, 0.15) is 0 Å². The van der Waals surface area contributed by atoms with E-state index in [0.29, 0.717) is 0 Å². The van der Waals surface area contributed by atoms with Crippen LogP contribution in [0.5, 0.6) is 0 Å². The van der Waals surface area contributed by atoms with Crippen molar-refractivity contribution in [2.45, 2.75) is 24.9 Å². The van der Waals surface area contributed by atoms with Crippen LogP contribution in [0.2, 0.25) is 0 Å². The fraction of sp³-hybridized carbons (Fsp3) is 0.846. The number of ether oxygens (including phenoxy) is 1. The third kappa shape index (κ3) is 4.90. The van der Waals surface area contributed by atoms with E-state index in [-0.39, 0.29) is 49.0 Å². The van der Waals surface area contributed by atoms with Crippen LogP contribution in [0.4, 0.5) is 0 Å². The highest BCUT2D eigenvalue weighted by atomic mass is 32.2. The second-order valence-electron chi connectivity index (χ2n) is 6.12. The minimum absolute atomic E-state index is 0.0135. The van der Waals surface area contributed by atoms with Gasteiger partial charge in [-0.3, -0.25) is 9.59 Å². The van der Waals surface area contributed by atoms with Crippen molar-refractivity contribution in [1.82, 2.24) is 10.2 Å². The normalized spacial score (nSPS) is 27.7. The standard InChI is InChI=1S/C13H22N2O7S2/c1-22-5-4-15(11-3-7-24(20,21)9-11)13(17)12(16)14-10-2-6-23(18,19)8-10/h10-11H,2-9H2,1H3,(H,14,16). The van der Waals surface area contributed by atoms with Gasteiger partial charge in [0.2, 0.25) is 0 Å². The van der Waals surface area contributed by atoms with Gasteiger partial charge in [0.25, 0.3) is 0 Å². The molecule has 0 saturated carbocycles. The van der Waals surface area contributed by atoms with Gasteiger partial charge in [0.05, 0.1) is 29.6 Å². The number of methoxy groups -OCH3 is 1. The first-order valence-electron chi connectivity index (χ1n) is 7.65. The molecule has 0 aromatic rings. The Balaban J connectivity index is 2.02. The zero-order valence-corrected chi connectivity index (χ0v) is 15.1. The number of hydrogen-bond acceptors (Lipinski definition) is 7. The molecule has 2 rings (SSSR count). The van der Waals surface area contributed by atoms with Crippen molar-refractivity contribution < 1.29 is 31.2 Å². The summed E-state index contributed by atoms with van der Waals surface area (Å²) in [4.78, 5) is 25.8. The SMILES string of the molecule is COCCN(C(=O)C(=O)NC1CCS(=O)(=O)C1)C1CCS(=O)(=O)C1. The maximum atomic E-state index is 12.4. The molecule has 9 nitrogen and oxygen atoms in total. The van der Waals surface area contributed by atoms with E-state index >= 15 is 0 Å². The second kappa shape index (κ2) is 7.36. The van der Waals surface area contributed by atoms with E-state index in [9.17, 15) is 26.4 Å². The van der Waals surface area contributed by atoms with Crippen LogP contribution in [0.25, 0.3) is 0 Å². The van der Waals surface area contributed by atoms with Gasteiger partial charge in [0.15, 0.2) is 19.7 Å². The van der Waals surface area contributed by atoms with E-state index in [2.05, 4.69) is 5.32 Å². The summed E-state index contributed by atoms with van der Waals surface area (Å²) in [5.41, 5.74) is 0. The molecule has 11 heteroatoms. The summed E-state index contributed by atoms with van der Waals surface area (Å²) in [6, 6.07) is -1.14. The number of nitrogens with one attached hydrogen (secondary N) is 1. The molecule has 1 N–H and O–H groups in total. The largest absolute Gasteiger partial charge is 0.383 e. The van der Waals surface area contributed by atoms with Crippen LogP contribution in [0, 0.1) is 0 Å². The number of amides is 2. The number of sulfone groups is 2. The molecule has 2 unspecified atom stereocenters. The maximum absolute atomic E-state index is 12.4. The molecule has 2 aliphatic rings. The third-order valence-electron chi connectivity index (χ3n) is 4.21. The molecule has 2 atom stereocenters. The van der Waals surface area contributed by atoms with Crippen molar-refractivity contribution in [1.29, 1.82) is 0 Å². The maximum Gasteiger partial charge on any atom is 0.312 e. The van der Waals surface area contributed by atoms with Crippen molar-refractivity contribution in [2.75, 3.05) is 43.3 Å². The first-order valence-corrected chi connectivity index (χ1v) is 11.3. The van der Waals surface area contributed by atoms with E-state index < -0.39 is 43.6 Å². The van der Waals surface area contributed by atoms with Crippen molar-refractivity contribution >= 4 is 31.5 Å². The smallest absolute Gasteiger partial charge is 0.312 e. The van der Waals surface area contributed by atoms with Crippen LogP contribution in [0.15, 0.2) is 0 Å². The van der Waals surface area contributed by atoms with Gasteiger partial charge in [-0.15, -0.1) is 0 Å². The summed E-state index contributed by atoms with van der Waals surface area (Å²) in [6.45, 7) is 0.277. The predicted octanol–water partition coefficient (Wildman–Crippen LogP) is -2.05. The van der Waals surface area contributed by atoms with Gasteiger partial charge in [-0.05, 0) is 12.8 Å². The molecule has 0 bridgehead atoms. The zero-order valence-electron chi connectivity index (χ0n) is 13.4. The van der Waals surface area contributed by atoms with Gasteiger partial charge in [-0.1, -0.05) is 0 Å². The molecule has 0 radical (unpaired) electrons. The molecule has 2 fully saturated rings. The quantitative estimate of drug-likeness (QED) is 0.542. The number of carbonyl (C=O) groups excluding carboxylic acids is 2. The van der Waals surface area contributed by atoms with Gasteiger partial charge >= 0.3 is 11.8 Å². The van der Waals surface area contributed by atoms with Gasteiger partial charge in [0, 0.05) is 25.7 Å². The lowest BCUT2D eigenvalue weighted by Gasteiger charge is -2.27. The lowest BCUT2D eigenvalue weighted by Crippen LogP contribution is -2.51. The third-order valence-corrected chi connectivity index (χ3v) is 7.73. The Kier molecular flexibility index (Phi) is 5.87. The van der Waals surface area contributed by atoms with Crippen LogP contribution in [0.1, 0.15) is 12.8 Å². The number of carbonyl (C=O) groups is 2. The minimum atomic E-state index is -3.21. The highest BCUT2D eigenvalue weighted by Gasteiger charge is 2.38. The lowest BCUT2D eigenvalue weighted by atomic mass is 10.2. The van der Waals surface area contributed by atoms with Crippen LogP contribution in [0.3, 0.4) is 0 Å². The molecule has 0 aromatic heterocycles. The predicted molar refractivity (Wildman–Crippen MR) is 85.8 cm³/mol. The molecule has 0 aliphatic carbocycles. The summed E-state index contributed by atoms with van der Waals surface area (Å²) >= 11 is 0. The summed E-state index contributed by atoms with van der Waals surface area (Å²) in [6.07, 6.45) is 0.556. The Morgan fingerprint density at radius 2 is 1.71 bits per heavy atom. The van der Waals surface area contributed by atoms with E-state index in [4.69, 9.17) is 4.74 Å². The van der Waals surface area contributed by atoms with Gasteiger partial charge in [-0.2, -0.15) is 0 Å². The average molecular weight is 382 g/mol. The molecule has 138 valence electrons. The minimum Gasteiger partial charge on any atom is -0.383 e. The van der Waals surface area contributed by atoms with Gasteiger partial charge < -0.3 is 15.0 Å². The van der Waals surface area contributed by atoms with E-state index in [1.54, 1.807) is 0 Å². The fourth-order valence-electron chi connectivity index (χ4n) is 2.95. The van der Waals surface area contributed by atoms with Crippen molar-refractivity contribution in [2.24, 2.45) is 0 Å². The Morgan fingerprint density at radius 1 is 1.08 bits per heavy atom. The lowest BCUT2D eigenvalue weighted by molar-refractivity contribution is -0.147. The van der Waals surface area contributed by atoms with Crippen LogP contribution in [-0.4, -0.2) is 88.9 Å². The Bertz CT molecular complexity index is 702. The van der Waals surface area contributed by atoms with Crippen LogP contribution in [-0.2, 0) is 34.0 Å². The number of nitrogens with zero attached hydrogens (tertiary/aromatic N) is 1. The monoisotopic (exact) mass is 382 g/mol. The summed E-state index contributed by atoms with van der Waals surface area (Å²) in [7, 11) is -4.94. The highest BCUT2D eigenvalue weighted by molar-refractivity contribution is 7.91. The van der Waals surface area contributed by atoms with Crippen LogP contribution >= 0.6 is 0 Å². The molecular formula is C13H22N2O7S2. The summed E-state index contributed by atoms with van der Waals surface area (Å²) in [5, 5.41) is 2.44. The fourth-order valence-corrected chi connectivity index (χ4v) is 6.35. The average Bonchev–Trinajstić information content (AvgIpc) is 3.01. The second-order valence-corrected chi connectivity index (χ2v) is 10.6.